The predicted molar refractivity (Wildman–Crippen MR) is 89.3 cm³/mol. The maximum Gasteiger partial charge on any atom is 0.0330 e. The van der Waals surface area contributed by atoms with Crippen molar-refractivity contribution in [2.45, 2.75) is 64.5 Å². The molecule has 0 radical (unpaired) electrons. The first kappa shape index (κ1) is 17.9. The Labute approximate surface area is 127 Å². The lowest BCUT2D eigenvalue weighted by Gasteiger charge is -2.49. The van der Waals surface area contributed by atoms with Gasteiger partial charge in [0.2, 0.25) is 0 Å². The van der Waals surface area contributed by atoms with Crippen molar-refractivity contribution >= 4 is 0 Å². The fourth-order valence-electron chi connectivity index (χ4n) is 3.10. The smallest absolute Gasteiger partial charge is 0.0330 e. The van der Waals surface area contributed by atoms with Gasteiger partial charge < -0.3 is 15.1 Å². The highest BCUT2D eigenvalue weighted by Gasteiger charge is 2.39. The van der Waals surface area contributed by atoms with Crippen LogP contribution in [-0.2, 0) is 0 Å². The summed E-state index contributed by atoms with van der Waals surface area (Å²) in [5.41, 5.74) is 0.456. The molecule has 0 saturated heterocycles. The normalized spacial score (nSPS) is 19.6. The maximum absolute atomic E-state index is 3.66. The van der Waals surface area contributed by atoms with Crippen LogP contribution in [0.2, 0.25) is 0 Å². The molecule has 1 saturated carbocycles. The van der Waals surface area contributed by atoms with E-state index in [-0.39, 0.29) is 0 Å². The van der Waals surface area contributed by atoms with Crippen molar-refractivity contribution < 1.29 is 0 Å². The van der Waals surface area contributed by atoms with Crippen molar-refractivity contribution in [1.29, 1.82) is 0 Å². The van der Waals surface area contributed by atoms with E-state index in [1.54, 1.807) is 0 Å². The molecule has 1 unspecified atom stereocenters. The van der Waals surface area contributed by atoms with Gasteiger partial charge in [0.15, 0.2) is 0 Å². The zero-order chi connectivity index (χ0) is 15.2. The van der Waals surface area contributed by atoms with Crippen molar-refractivity contribution in [2.24, 2.45) is 5.92 Å². The summed E-state index contributed by atoms with van der Waals surface area (Å²) in [7, 11) is 6.74. The average molecular weight is 284 g/mol. The van der Waals surface area contributed by atoms with Crippen LogP contribution in [0.25, 0.3) is 0 Å². The summed E-state index contributed by atoms with van der Waals surface area (Å²) in [6, 6.07) is 0.650. The molecule has 1 atom stereocenters. The Morgan fingerprint density at radius 3 is 2.15 bits per heavy atom. The monoisotopic (exact) mass is 283 g/mol. The molecule has 0 aliphatic heterocycles. The molecule has 20 heavy (non-hydrogen) atoms. The Morgan fingerprint density at radius 2 is 1.70 bits per heavy atom. The molecule has 0 spiro atoms. The topological polar surface area (TPSA) is 18.5 Å². The van der Waals surface area contributed by atoms with Crippen molar-refractivity contribution in [2.75, 3.05) is 40.8 Å². The zero-order valence-corrected chi connectivity index (χ0v) is 14.7. The lowest BCUT2D eigenvalue weighted by molar-refractivity contribution is 0.0280. The third kappa shape index (κ3) is 5.71. The molecule has 1 aliphatic carbocycles. The molecular weight excluding hydrogens is 246 g/mol. The molecule has 1 aliphatic rings. The van der Waals surface area contributed by atoms with Crippen LogP contribution in [0.1, 0.15) is 52.9 Å². The number of rotatable bonds is 10. The molecule has 3 heteroatoms. The second-order valence-corrected chi connectivity index (χ2v) is 7.54. The first-order chi connectivity index (χ1) is 9.35. The van der Waals surface area contributed by atoms with Crippen molar-refractivity contribution in [1.82, 2.24) is 15.1 Å². The van der Waals surface area contributed by atoms with Gasteiger partial charge in [-0.3, -0.25) is 0 Å². The first-order valence-corrected chi connectivity index (χ1v) is 8.45. The number of nitrogens with zero attached hydrogens (tertiary/aromatic N) is 2. The van der Waals surface area contributed by atoms with E-state index in [2.05, 4.69) is 57.0 Å². The molecule has 120 valence electrons. The van der Waals surface area contributed by atoms with Crippen LogP contribution < -0.4 is 5.32 Å². The van der Waals surface area contributed by atoms with E-state index in [0.717, 1.165) is 19.0 Å². The molecule has 0 aromatic carbocycles. The Kier molecular flexibility index (Phi) is 7.49. The van der Waals surface area contributed by atoms with E-state index in [1.807, 2.05) is 0 Å². The summed E-state index contributed by atoms with van der Waals surface area (Å²) in [5, 5.41) is 3.66. The molecule has 0 aromatic rings. The summed E-state index contributed by atoms with van der Waals surface area (Å²) < 4.78 is 0. The van der Waals surface area contributed by atoms with Crippen molar-refractivity contribution in [3.05, 3.63) is 0 Å². The zero-order valence-electron chi connectivity index (χ0n) is 14.7. The highest BCUT2D eigenvalue weighted by atomic mass is 15.2. The van der Waals surface area contributed by atoms with Crippen LogP contribution in [-0.4, -0.2) is 62.2 Å². The Morgan fingerprint density at radius 1 is 1.05 bits per heavy atom. The Bertz CT molecular complexity index is 259. The number of hydrogen-bond donors (Lipinski definition) is 1. The van der Waals surface area contributed by atoms with Gasteiger partial charge in [0.25, 0.3) is 0 Å². The predicted octanol–water partition coefficient (Wildman–Crippen LogP) is 2.82. The van der Waals surface area contributed by atoms with E-state index in [4.69, 9.17) is 0 Å². The fraction of sp³-hybridized carbons (Fsp3) is 1.00. The van der Waals surface area contributed by atoms with Crippen LogP contribution in [0, 0.1) is 5.92 Å². The molecule has 0 bridgehead atoms. The van der Waals surface area contributed by atoms with Crippen LogP contribution in [0.5, 0.6) is 0 Å². The van der Waals surface area contributed by atoms with E-state index < -0.39 is 0 Å². The van der Waals surface area contributed by atoms with Gasteiger partial charge in [-0.2, -0.15) is 0 Å². The van der Waals surface area contributed by atoms with E-state index in [0.29, 0.717) is 11.6 Å². The lowest BCUT2D eigenvalue weighted by Crippen LogP contribution is -2.57. The molecule has 0 amide bonds. The molecule has 1 fully saturated rings. The van der Waals surface area contributed by atoms with Gasteiger partial charge in [0.05, 0.1) is 0 Å². The minimum absolute atomic E-state index is 0.456. The van der Waals surface area contributed by atoms with E-state index >= 15 is 0 Å². The molecule has 0 heterocycles. The van der Waals surface area contributed by atoms with Gasteiger partial charge in [0.1, 0.15) is 0 Å². The second-order valence-electron chi connectivity index (χ2n) is 7.54. The van der Waals surface area contributed by atoms with Crippen LogP contribution in [0.4, 0.5) is 0 Å². The van der Waals surface area contributed by atoms with Crippen LogP contribution >= 0.6 is 0 Å². The SMILES string of the molecule is CC(C)CCC(C)NCCN(C)CC1(N(C)C)CCC1. The largest absolute Gasteiger partial charge is 0.313 e. The minimum Gasteiger partial charge on any atom is -0.313 e. The number of hydrogen-bond acceptors (Lipinski definition) is 3. The highest BCUT2D eigenvalue weighted by Crippen LogP contribution is 2.36. The molecule has 0 aromatic heterocycles. The van der Waals surface area contributed by atoms with Gasteiger partial charge in [-0.1, -0.05) is 13.8 Å². The quantitative estimate of drug-likeness (QED) is 0.665. The molecule has 1 rings (SSSR count). The van der Waals surface area contributed by atoms with Gasteiger partial charge >= 0.3 is 0 Å². The minimum atomic E-state index is 0.456. The van der Waals surface area contributed by atoms with E-state index in [1.165, 1.54) is 38.6 Å². The summed E-state index contributed by atoms with van der Waals surface area (Å²) in [6.45, 7) is 10.4. The summed E-state index contributed by atoms with van der Waals surface area (Å²) in [5.74, 6) is 0.820. The fourth-order valence-corrected chi connectivity index (χ4v) is 3.10. The molecule has 1 N–H and O–H groups in total. The number of likely N-dealkylation sites (N-methyl/N-ethyl adjacent to an activating group) is 2. The van der Waals surface area contributed by atoms with Crippen molar-refractivity contribution in [3.8, 4) is 0 Å². The molecular formula is C17H37N3. The second kappa shape index (κ2) is 8.35. The average Bonchev–Trinajstić information content (AvgIpc) is 2.30. The van der Waals surface area contributed by atoms with Gasteiger partial charge in [-0.25, -0.2) is 0 Å². The Balaban J connectivity index is 2.15. The third-order valence-corrected chi connectivity index (χ3v) is 4.96. The lowest BCUT2D eigenvalue weighted by atomic mass is 9.75. The van der Waals surface area contributed by atoms with Crippen LogP contribution in [0.15, 0.2) is 0 Å². The number of nitrogens with one attached hydrogen (secondary N) is 1. The standard InChI is InChI=1S/C17H37N3/c1-15(2)8-9-16(3)18-12-13-20(6)14-17(19(4)5)10-7-11-17/h15-16,18H,7-14H2,1-6H3. The summed E-state index contributed by atoms with van der Waals surface area (Å²) >= 11 is 0. The van der Waals surface area contributed by atoms with Gasteiger partial charge in [-0.05, 0) is 66.1 Å². The Hall–Kier alpha value is -0.120. The maximum atomic E-state index is 3.66. The van der Waals surface area contributed by atoms with Crippen LogP contribution in [0.3, 0.4) is 0 Å². The van der Waals surface area contributed by atoms with Gasteiger partial charge in [0, 0.05) is 31.2 Å². The van der Waals surface area contributed by atoms with E-state index in [9.17, 15) is 0 Å². The summed E-state index contributed by atoms with van der Waals surface area (Å²) in [6.07, 6.45) is 6.75. The highest BCUT2D eigenvalue weighted by molar-refractivity contribution is 4.97. The third-order valence-electron chi connectivity index (χ3n) is 4.96. The first-order valence-electron chi connectivity index (χ1n) is 8.45. The van der Waals surface area contributed by atoms with Gasteiger partial charge in [-0.15, -0.1) is 0 Å². The summed E-state index contributed by atoms with van der Waals surface area (Å²) in [4.78, 5) is 4.94. The molecule has 3 nitrogen and oxygen atoms in total. The van der Waals surface area contributed by atoms with Crippen molar-refractivity contribution in [3.63, 3.8) is 0 Å².